The number of hydrogen-bond acceptors (Lipinski definition) is 5. The molecule has 0 amide bonds. The van der Waals surface area contributed by atoms with Crippen molar-refractivity contribution in [3.05, 3.63) is 24.0 Å². The van der Waals surface area contributed by atoms with E-state index in [4.69, 9.17) is 10.4 Å². The number of carboxylic acids is 1. The largest absolute Gasteiger partial charge is 0.481 e. The van der Waals surface area contributed by atoms with Gasteiger partial charge in [-0.1, -0.05) is 6.92 Å². The minimum Gasteiger partial charge on any atom is -0.481 e. The summed E-state index contributed by atoms with van der Waals surface area (Å²) in [6.07, 6.45) is 1.12. The first kappa shape index (κ1) is 14.4. The Labute approximate surface area is 116 Å². The SMILES string of the molecule is C[C@@H]1CN(S(=O)(=O)c2ccc(C#N)nc2)C[C@H]1C(=O)O. The van der Waals surface area contributed by atoms with E-state index in [0.717, 1.165) is 10.5 Å². The molecule has 0 saturated carbocycles. The number of rotatable bonds is 3. The zero-order valence-electron chi connectivity index (χ0n) is 10.7. The van der Waals surface area contributed by atoms with E-state index in [9.17, 15) is 13.2 Å². The molecule has 1 saturated heterocycles. The number of sulfonamides is 1. The normalized spacial score (nSPS) is 23.4. The van der Waals surface area contributed by atoms with Gasteiger partial charge in [-0.05, 0) is 18.1 Å². The average molecular weight is 295 g/mol. The Morgan fingerprint density at radius 2 is 2.20 bits per heavy atom. The molecule has 1 aromatic rings. The van der Waals surface area contributed by atoms with Gasteiger partial charge in [0.1, 0.15) is 16.7 Å². The second-order valence-corrected chi connectivity index (χ2v) is 6.67. The molecule has 0 aliphatic carbocycles. The van der Waals surface area contributed by atoms with Gasteiger partial charge in [-0.2, -0.15) is 9.57 Å². The lowest BCUT2D eigenvalue weighted by Crippen LogP contribution is -2.30. The monoisotopic (exact) mass is 295 g/mol. The number of nitriles is 1. The Balaban J connectivity index is 2.27. The summed E-state index contributed by atoms with van der Waals surface area (Å²) in [5, 5.41) is 17.7. The number of aliphatic carboxylic acids is 1. The van der Waals surface area contributed by atoms with E-state index in [1.54, 1.807) is 13.0 Å². The lowest BCUT2D eigenvalue weighted by molar-refractivity contribution is -0.142. The smallest absolute Gasteiger partial charge is 0.308 e. The van der Waals surface area contributed by atoms with Gasteiger partial charge in [-0.3, -0.25) is 4.79 Å². The molecule has 0 bridgehead atoms. The molecule has 7 nitrogen and oxygen atoms in total. The number of carboxylic acid groups (broad SMARTS) is 1. The molecule has 8 heteroatoms. The van der Waals surface area contributed by atoms with Crippen molar-refractivity contribution in [2.24, 2.45) is 11.8 Å². The first-order valence-corrected chi connectivity index (χ1v) is 7.39. The maximum atomic E-state index is 12.4. The maximum absolute atomic E-state index is 12.4. The van der Waals surface area contributed by atoms with Gasteiger partial charge in [0.15, 0.2) is 0 Å². The van der Waals surface area contributed by atoms with E-state index in [1.165, 1.54) is 12.1 Å². The van der Waals surface area contributed by atoms with Crippen molar-refractivity contribution in [1.82, 2.24) is 9.29 Å². The number of hydrogen-bond donors (Lipinski definition) is 1. The van der Waals surface area contributed by atoms with Crippen LogP contribution in [0.5, 0.6) is 0 Å². The predicted octanol–water partition coefficient (Wildman–Crippen LogP) is 0.294. The lowest BCUT2D eigenvalue weighted by Gasteiger charge is -2.15. The predicted molar refractivity (Wildman–Crippen MR) is 68.0 cm³/mol. The highest BCUT2D eigenvalue weighted by atomic mass is 32.2. The molecule has 1 aliphatic rings. The first-order valence-electron chi connectivity index (χ1n) is 5.95. The van der Waals surface area contributed by atoms with Crippen LogP contribution in [0, 0.1) is 23.2 Å². The van der Waals surface area contributed by atoms with Crippen LogP contribution < -0.4 is 0 Å². The zero-order valence-corrected chi connectivity index (χ0v) is 11.5. The van der Waals surface area contributed by atoms with Crippen LogP contribution in [0.15, 0.2) is 23.2 Å². The fraction of sp³-hybridized carbons (Fsp3) is 0.417. The quantitative estimate of drug-likeness (QED) is 0.858. The van der Waals surface area contributed by atoms with Crippen LogP contribution in [0.1, 0.15) is 12.6 Å². The van der Waals surface area contributed by atoms with Crippen molar-refractivity contribution in [1.29, 1.82) is 5.26 Å². The number of aromatic nitrogens is 1. The third-order valence-corrected chi connectivity index (χ3v) is 5.20. The summed E-state index contributed by atoms with van der Waals surface area (Å²) < 4.78 is 25.9. The van der Waals surface area contributed by atoms with E-state index >= 15 is 0 Å². The molecule has 1 fully saturated rings. The summed E-state index contributed by atoms with van der Waals surface area (Å²) in [6.45, 7) is 1.84. The Bertz CT molecular complexity index is 663. The van der Waals surface area contributed by atoms with Crippen molar-refractivity contribution >= 4 is 16.0 Å². The first-order chi connectivity index (χ1) is 9.36. The number of nitrogens with zero attached hydrogens (tertiary/aromatic N) is 3. The van der Waals surface area contributed by atoms with Gasteiger partial charge in [0.05, 0.1) is 5.92 Å². The Kier molecular flexibility index (Phi) is 3.74. The van der Waals surface area contributed by atoms with Gasteiger partial charge in [-0.15, -0.1) is 0 Å². The topological polar surface area (TPSA) is 111 Å². The minimum absolute atomic E-state index is 0.0326. The summed E-state index contributed by atoms with van der Waals surface area (Å²) >= 11 is 0. The summed E-state index contributed by atoms with van der Waals surface area (Å²) in [7, 11) is -3.76. The summed E-state index contributed by atoms with van der Waals surface area (Å²) in [4.78, 5) is 14.7. The molecule has 2 atom stereocenters. The van der Waals surface area contributed by atoms with Crippen LogP contribution in [0.2, 0.25) is 0 Å². The Hall–Kier alpha value is -1.98. The third-order valence-electron chi connectivity index (χ3n) is 3.38. The molecule has 0 spiro atoms. The van der Waals surface area contributed by atoms with Gasteiger partial charge in [-0.25, -0.2) is 13.4 Å². The summed E-state index contributed by atoms with van der Waals surface area (Å²) in [5.41, 5.74) is 0.127. The Morgan fingerprint density at radius 3 is 2.65 bits per heavy atom. The highest BCUT2D eigenvalue weighted by molar-refractivity contribution is 7.89. The van der Waals surface area contributed by atoms with E-state index in [1.807, 2.05) is 0 Å². The molecule has 0 unspecified atom stereocenters. The number of carbonyl (C=O) groups is 1. The molecule has 1 aromatic heterocycles. The van der Waals surface area contributed by atoms with Crippen LogP contribution in [0.4, 0.5) is 0 Å². The van der Waals surface area contributed by atoms with Gasteiger partial charge < -0.3 is 5.11 Å². The third kappa shape index (κ3) is 2.50. The standard InChI is InChI=1S/C12H13N3O4S/c1-8-6-15(7-11(8)12(16)17)20(18,19)10-3-2-9(4-13)14-5-10/h2-3,5,8,11H,6-7H2,1H3,(H,16,17)/t8-,11-/m1/s1. The van der Waals surface area contributed by atoms with Crippen LogP contribution in [-0.4, -0.2) is 41.9 Å². The molecular formula is C12H13N3O4S. The average Bonchev–Trinajstić information content (AvgIpc) is 2.82. The van der Waals surface area contributed by atoms with Crippen LogP contribution >= 0.6 is 0 Å². The summed E-state index contributed by atoms with van der Waals surface area (Å²) in [5.74, 6) is -1.93. The van der Waals surface area contributed by atoms with Crippen molar-refractivity contribution in [3.8, 4) is 6.07 Å². The van der Waals surface area contributed by atoms with Gasteiger partial charge >= 0.3 is 5.97 Å². The van der Waals surface area contributed by atoms with E-state index in [-0.39, 0.29) is 29.6 Å². The number of pyridine rings is 1. The Morgan fingerprint density at radius 1 is 1.50 bits per heavy atom. The fourth-order valence-electron chi connectivity index (χ4n) is 2.19. The molecule has 1 aliphatic heterocycles. The lowest BCUT2D eigenvalue weighted by atomic mass is 9.99. The van der Waals surface area contributed by atoms with E-state index < -0.39 is 21.9 Å². The van der Waals surface area contributed by atoms with Crippen molar-refractivity contribution in [3.63, 3.8) is 0 Å². The van der Waals surface area contributed by atoms with Gasteiger partial charge in [0, 0.05) is 19.3 Å². The van der Waals surface area contributed by atoms with E-state index in [2.05, 4.69) is 4.98 Å². The molecule has 0 radical (unpaired) electrons. The molecule has 2 heterocycles. The second-order valence-electron chi connectivity index (χ2n) is 4.73. The summed E-state index contributed by atoms with van der Waals surface area (Å²) in [6, 6.07) is 4.43. The second kappa shape index (κ2) is 5.19. The molecule has 0 aromatic carbocycles. The highest BCUT2D eigenvalue weighted by Gasteiger charge is 2.40. The minimum atomic E-state index is -3.76. The zero-order chi connectivity index (χ0) is 14.9. The highest BCUT2D eigenvalue weighted by Crippen LogP contribution is 2.28. The van der Waals surface area contributed by atoms with Gasteiger partial charge in [0.2, 0.25) is 10.0 Å². The fourth-order valence-corrected chi connectivity index (χ4v) is 3.70. The van der Waals surface area contributed by atoms with Crippen LogP contribution in [0.25, 0.3) is 0 Å². The van der Waals surface area contributed by atoms with Crippen molar-refractivity contribution in [2.75, 3.05) is 13.1 Å². The molecule has 106 valence electrons. The molecule has 2 rings (SSSR count). The van der Waals surface area contributed by atoms with Crippen molar-refractivity contribution < 1.29 is 18.3 Å². The van der Waals surface area contributed by atoms with Gasteiger partial charge in [0.25, 0.3) is 0 Å². The maximum Gasteiger partial charge on any atom is 0.308 e. The van der Waals surface area contributed by atoms with Crippen LogP contribution in [-0.2, 0) is 14.8 Å². The molecule has 20 heavy (non-hydrogen) atoms. The van der Waals surface area contributed by atoms with Crippen LogP contribution in [0.3, 0.4) is 0 Å². The molecule has 1 N–H and O–H groups in total. The van der Waals surface area contributed by atoms with E-state index in [0.29, 0.717) is 0 Å². The van der Waals surface area contributed by atoms with Crippen molar-refractivity contribution in [2.45, 2.75) is 11.8 Å². The molecular weight excluding hydrogens is 282 g/mol.